The van der Waals surface area contributed by atoms with Crippen LogP contribution >= 0.6 is 0 Å². The van der Waals surface area contributed by atoms with Crippen molar-refractivity contribution in [2.24, 2.45) is 0 Å². The molecule has 2 aliphatic heterocycles. The van der Waals surface area contributed by atoms with Gasteiger partial charge in [-0.1, -0.05) is 19.1 Å². The van der Waals surface area contributed by atoms with Crippen LogP contribution in [0.25, 0.3) is 11.3 Å². The highest BCUT2D eigenvalue weighted by molar-refractivity contribution is 5.76. The smallest absolute Gasteiger partial charge is 0.227 e. The predicted octanol–water partition coefficient (Wildman–Crippen LogP) is 3.77. The number of likely N-dealkylation sites (tertiary alicyclic amines) is 1. The van der Waals surface area contributed by atoms with E-state index in [9.17, 15) is 10.4 Å². The first-order valence-corrected chi connectivity index (χ1v) is 11.2. The number of hydrogen-bond donors (Lipinski definition) is 3. The Morgan fingerprint density at radius 3 is 2.82 bits per heavy atom. The summed E-state index contributed by atoms with van der Waals surface area (Å²) < 4.78 is 0. The Morgan fingerprint density at radius 1 is 1.27 bits per heavy atom. The molecule has 7 heteroatoms. The number of aliphatic hydroxyl groups excluding tert-OH is 1. The van der Waals surface area contributed by atoms with Crippen molar-refractivity contribution in [1.82, 2.24) is 14.9 Å². The lowest BCUT2D eigenvalue weighted by Crippen LogP contribution is -2.41. The van der Waals surface area contributed by atoms with Crippen molar-refractivity contribution in [1.29, 1.82) is 5.26 Å². The van der Waals surface area contributed by atoms with Crippen molar-refractivity contribution in [3.05, 3.63) is 64.8 Å². The normalized spacial score (nSPS) is 20.0. The fourth-order valence-corrected chi connectivity index (χ4v) is 4.70. The molecule has 0 aliphatic carbocycles. The molecule has 0 bridgehead atoms. The summed E-state index contributed by atoms with van der Waals surface area (Å²) in [5.74, 6) is 1.08. The van der Waals surface area contributed by atoms with Crippen molar-refractivity contribution >= 4 is 17.3 Å². The molecule has 33 heavy (non-hydrogen) atoms. The lowest BCUT2D eigenvalue weighted by Gasteiger charge is -2.36. The molecule has 5 rings (SSSR count). The maximum atomic E-state index is 9.97. The fourth-order valence-electron chi connectivity index (χ4n) is 4.70. The Labute approximate surface area is 194 Å². The summed E-state index contributed by atoms with van der Waals surface area (Å²) in [7, 11) is 2.14. The first-order chi connectivity index (χ1) is 15.9. The highest BCUT2D eigenvalue weighted by atomic mass is 16.3. The minimum Gasteiger partial charge on any atom is -0.395 e. The quantitative estimate of drug-likeness (QED) is 0.556. The van der Waals surface area contributed by atoms with Gasteiger partial charge in [0, 0.05) is 48.4 Å². The number of anilines is 3. The lowest BCUT2D eigenvalue weighted by molar-refractivity contribution is 0.190. The molecule has 0 unspecified atom stereocenters. The first-order valence-electron chi connectivity index (χ1n) is 11.2. The summed E-state index contributed by atoms with van der Waals surface area (Å²) in [6.07, 6.45) is 1.73. The largest absolute Gasteiger partial charge is 0.395 e. The van der Waals surface area contributed by atoms with Crippen LogP contribution in [0.3, 0.4) is 0 Å². The van der Waals surface area contributed by atoms with Gasteiger partial charge in [-0.05, 0) is 54.9 Å². The van der Waals surface area contributed by atoms with Gasteiger partial charge in [0.2, 0.25) is 5.95 Å². The number of aliphatic hydroxyl groups is 1. The van der Waals surface area contributed by atoms with Gasteiger partial charge in [0.05, 0.1) is 23.6 Å². The highest BCUT2D eigenvalue weighted by Gasteiger charge is 2.36. The van der Waals surface area contributed by atoms with Crippen molar-refractivity contribution in [3.63, 3.8) is 0 Å². The van der Waals surface area contributed by atoms with Gasteiger partial charge in [0.1, 0.15) is 6.07 Å². The number of nitrogens with zero attached hydrogens (tertiary/aromatic N) is 4. The van der Waals surface area contributed by atoms with Crippen molar-refractivity contribution < 1.29 is 5.11 Å². The summed E-state index contributed by atoms with van der Waals surface area (Å²) in [5.41, 5.74) is 6.90. The van der Waals surface area contributed by atoms with E-state index in [4.69, 9.17) is 4.98 Å². The zero-order valence-corrected chi connectivity index (χ0v) is 19.2. The number of aryl methyl sites for hydroxylation is 1. The molecule has 1 aromatic heterocycles. The van der Waals surface area contributed by atoms with E-state index < -0.39 is 5.41 Å². The van der Waals surface area contributed by atoms with Crippen LogP contribution in [-0.2, 0) is 5.41 Å². The molecular weight excluding hydrogens is 412 g/mol. The average Bonchev–Trinajstić information content (AvgIpc) is 3.15. The van der Waals surface area contributed by atoms with Crippen LogP contribution in [0.4, 0.5) is 17.3 Å². The summed E-state index contributed by atoms with van der Waals surface area (Å²) in [5, 5.41) is 26.4. The number of rotatable bonds is 5. The molecule has 0 radical (unpaired) electrons. The predicted molar refractivity (Wildman–Crippen MR) is 130 cm³/mol. The Kier molecular flexibility index (Phi) is 5.28. The van der Waals surface area contributed by atoms with Crippen LogP contribution < -0.4 is 10.6 Å². The Bertz CT molecular complexity index is 1260. The van der Waals surface area contributed by atoms with Crippen LogP contribution in [0.15, 0.2) is 42.6 Å². The number of aromatic nitrogens is 2. The third-order valence-corrected chi connectivity index (χ3v) is 6.91. The van der Waals surface area contributed by atoms with Crippen LogP contribution in [-0.4, -0.2) is 53.3 Å². The SMILES string of the molecule is Cc1ccc(C2CN(C)C2)cc1Nc1nccc(-c2cc(C#N)c3c(c2)[C@@](C)(CO)CN3)n1. The molecule has 2 aliphatic rings. The second-order valence-electron chi connectivity index (χ2n) is 9.51. The van der Waals surface area contributed by atoms with E-state index >= 15 is 0 Å². The third kappa shape index (κ3) is 3.82. The summed E-state index contributed by atoms with van der Waals surface area (Å²) in [6.45, 7) is 6.83. The van der Waals surface area contributed by atoms with Crippen LogP contribution in [0.2, 0.25) is 0 Å². The lowest BCUT2D eigenvalue weighted by atomic mass is 9.83. The summed E-state index contributed by atoms with van der Waals surface area (Å²) in [4.78, 5) is 11.5. The summed E-state index contributed by atoms with van der Waals surface area (Å²) >= 11 is 0. The fraction of sp³-hybridized carbons (Fsp3) is 0.346. The van der Waals surface area contributed by atoms with Gasteiger partial charge in [-0.15, -0.1) is 0 Å². The van der Waals surface area contributed by atoms with Crippen LogP contribution in [0.1, 0.15) is 35.1 Å². The molecule has 3 N–H and O–H groups in total. The van der Waals surface area contributed by atoms with E-state index in [-0.39, 0.29) is 6.61 Å². The minimum atomic E-state index is -0.432. The molecular formula is C26H28N6O. The molecule has 168 valence electrons. The first kappa shape index (κ1) is 21.4. The standard InChI is InChI=1S/C26H28N6O/c1-16-4-5-17(20-12-32(3)13-20)10-23(16)31-25-28-7-6-22(30-25)18-8-19(11-27)24-21(9-18)26(2,15-33)14-29-24/h4-10,20,29,33H,12-15H2,1-3H3,(H,28,30,31)/t26-/m1/s1. The molecule has 1 saturated heterocycles. The summed E-state index contributed by atoms with van der Waals surface area (Å²) in [6, 6.07) is 14.5. The molecule has 1 fully saturated rings. The van der Waals surface area contributed by atoms with E-state index in [1.165, 1.54) is 5.56 Å². The van der Waals surface area contributed by atoms with Gasteiger partial charge >= 0.3 is 0 Å². The van der Waals surface area contributed by atoms with Crippen molar-refractivity contribution in [2.45, 2.75) is 25.2 Å². The van der Waals surface area contributed by atoms with Crippen LogP contribution in [0.5, 0.6) is 0 Å². The molecule has 2 aromatic carbocycles. The number of nitriles is 1. The van der Waals surface area contributed by atoms with Gasteiger partial charge in [0.25, 0.3) is 0 Å². The van der Waals surface area contributed by atoms with Gasteiger partial charge in [0.15, 0.2) is 0 Å². The highest BCUT2D eigenvalue weighted by Crippen LogP contribution is 2.41. The van der Waals surface area contributed by atoms with E-state index in [2.05, 4.69) is 58.8 Å². The maximum Gasteiger partial charge on any atom is 0.227 e. The number of likely N-dealkylation sites (N-methyl/N-ethyl adjacent to an activating group) is 1. The topological polar surface area (TPSA) is 97.1 Å². The molecule has 3 aromatic rings. The number of benzene rings is 2. The molecule has 0 amide bonds. The average molecular weight is 441 g/mol. The Hall–Kier alpha value is -3.47. The molecule has 7 nitrogen and oxygen atoms in total. The zero-order chi connectivity index (χ0) is 23.2. The minimum absolute atomic E-state index is 0.00427. The van der Waals surface area contributed by atoms with Gasteiger partial charge in [-0.25, -0.2) is 9.97 Å². The Morgan fingerprint density at radius 2 is 2.09 bits per heavy atom. The van der Waals surface area contributed by atoms with Gasteiger partial charge < -0.3 is 20.6 Å². The number of hydrogen-bond acceptors (Lipinski definition) is 7. The zero-order valence-electron chi connectivity index (χ0n) is 19.2. The molecule has 0 spiro atoms. The van der Waals surface area contributed by atoms with E-state index in [1.54, 1.807) is 6.20 Å². The van der Waals surface area contributed by atoms with E-state index in [0.29, 0.717) is 24.0 Å². The molecule has 1 atom stereocenters. The second-order valence-corrected chi connectivity index (χ2v) is 9.51. The monoisotopic (exact) mass is 440 g/mol. The molecule has 0 saturated carbocycles. The van der Waals surface area contributed by atoms with E-state index in [1.807, 2.05) is 25.1 Å². The van der Waals surface area contributed by atoms with Gasteiger partial charge in [-0.2, -0.15) is 5.26 Å². The van der Waals surface area contributed by atoms with Crippen LogP contribution in [0, 0.1) is 18.3 Å². The van der Waals surface area contributed by atoms with Gasteiger partial charge in [-0.3, -0.25) is 0 Å². The number of nitrogens with one attached hydrogen (secondary N) is 2. The third-order valence-electron chi connectivity index (χ3n) is 6.91. The van der Waals surface area contributed by atoms with Crippen molar-refractivity contribution in [2.75, 3.05) is 43.9 Å². The van der Waals surface area contributed by atoms with E-state index in [0.717, 1.165) is 46.8 Å². The maximum absolute atomic E-state index is 9.97. The second kappa shape index (κ2) is 8.14. The number of fused-ring (bicyclic) bond motifs is 1. The molecule has 3 heterocycles. The Balaban J connectivity index is 1.47. The van der Waals surface area contributed by atoms with Crippen molar-refractivity contribution in [3.8, 4) is 17.3 Å².